The molecule has 3 aliphatic heterocycles. The van der Waals surface area contributed by atoms with Gasteiger partial charge in [-0.15, -0.1) is 12.4 Å². The minimum Gasteiger partial charge on any atom is -0.461 e. The second-order valence-electron chi connectivity index (χ2n) is 6.65. The number of H-pyrrole nitrogens is 1. The molecule has 1 aromatic carbocycles. The number of ether oxygens (including phenoxy) is 1. The zero-order chi connectivity index (χ0) is 16.0. The van der Waals surface area contributed by atoms with Crippen molar-refractivity contribution in [2.75, 3.05) is 26.2 Å². The van der Waals surface area contributed by atoms with E-state index in [1.165, 1.54) is 6.07 Å². The lowest BCUT2D eigenvalue weighted by Crippen LogP contribution is -2.50. The van der Waals surface area contributed by atoms with Crippen molar-refractivity contribution in [3.63, 3.8) is 0 Å². The molecule has 4 heterocycles. The summed E-state index contributed by atoms with van der Waals surface area (Å²) in [4.78, 5) is 17.9. The Labute approximate surface area is 150 Å². The summed E-state index contributed by atoms with van der Waals surface area (Å²) in [6.45, 7) is 3.68. The smallest absolute Gasteiger partial charge is 0.340 e. The number of aromatic amines is 1. The van der Waals surface area contributed by atoms with Crippen LogP contribution in [0, 0.1) is 11.2 Å². The highest BCUT2D eigenvalue weighted by molar-refractivity contribution is 6.36. The number of hydrogen-bond acceptors (Lipinski definition) is 3. The van der Waals surface area contributed by atoms with Gasteiger partial charge in [0, 0.05) is 22.5 Å². The molecule has 24 heavy (non-hydrogen) atoms. The van der Waals surface area contributed by atoms with E-state index < -0.39 is 11.8 Å². The van der Waals surface area contributed by atoms with Crippen molar-refractivity contribution in [2.45, 2.75) is 19.3 Å². The van der Waals surface area contributed by atoms with Gasteiger partial charge in [0.05, 0.1) is 17.2 Å². The fraction of sp³-hybridized carbons (Fsp3) is 0.471. The van der Waals surface area contributed by atoms with Gasteiger partial charge in [-0.25, -0.2) is 9.18 Å². The highest BCUT2D eigenvalue weighted by atomic mass is 35.5. The summed E-state index contributed by atoms with van der Waals surface area (Å²) in [5.41, 5.74) is 1.05. The SMILES string of the molecule is Cl.O=C(OCC12CCN(CC1)CC2)c1c[nH]c2ccc(F)c(Cl)c12. The number of piperidine rings is 3. The fourth-order valence-corrected chi connectivity index (χ4v) is 3.99. The standard InChI is InChI=1S/C17H18ClFN2O2.ClH/c18-15-12(19)1-2-13-14(15)11(9-20-13)16(22)23-10-17-3-6-21(7-4-17)8-5-17;/h1-2,9,20H,3-8,10H2;1H. The molecule has 3 saturated heterocycles. The minimum absolute atomic E-state index is 0. The number of benzene rings is 1. The molecule has 130 valence electrons. The molecule has 2 aromatic rings. The van der Waals surface area contributed by atoms with Crippen LogP contribution in [0.15, 0.2) is 18.3 Å². The van der Waals surface area contributed by atoms with Gasteiger partial charge in [-0.1, -0.05) is 11.6 Å². The van der Waals surface area contributed by atoms with Crippen molar-refractivity contribution in [1.29, 1.82) is 0 Å². The van der Waals surface area contributed by atoms with Crippen molar-refractivity contribution < 1.29 is 13.9 Å². The first-order chi connectivity index (χ1) is 11.1. The van der Waals surface area contributed by atoms with Crippen LogP contribution in [0.2, 0.25) is 5.02 Å². The third kappa shape index (κ3) is 2.89. The van der Waals surface area contributed by atoms with E-state index in [1.54, 1.807) is 12.3 Å². The first-order valence-corrected chi connectivity index (χ1v) is 8.30. The molecule has 4 nitrogen and oxygen atoms in total. The molecule has 5 rings (SSSR count). The summed E-state index contributed by atoms with van der Waals surface area (Å²) in [6.07, 6.45) is 4.76. The molecule has 1 N–H and O–H groups in total. The van der Waals surface area contributed by atoms with Gasteiger partial charge in [0.2, 0.25) is 0 Å². The third-order valence-electron chi connectivity index (χ3n) is 5.34. The number of fused-ring (bicyclic) bond motifs is 4. The molecule has 0 aliphatic carbocycles. The molecule has 1 aromatic heterocycles. The fourth-order valence-electron chi connectivity index (χ4n) is 3.73. The van der Waals surface area contributed by atoms with Gasteiger partial charge >= 0.3 is 5.97 Å². The highest BCUT2D eigenvalue weighted by Gasteiger charge is 2.40. The second-order valence-corrected chi connectivity index (χ2v) is 7.03. The van der Waals surface area contributed by atoms with Gasteiger partial charge in [-0.3, -0.25) is 0 Å². The normalized spacial score (nSPS) is 25.5. The van der Waals surface area contributed by atoms with Crippen LogP contribution < -0.4 is 0 Å². The van der Waals surface area contributed by atoms with Gasteiger partial charge < -0.3 is 14.6 Å². The summed E-state index contributed by atoms with van der Waals surface area (Å²) < 4.78 is 19.3. The van der Waals surface area contributed by atoms with Gasteiger partial charge in [-0.2, -0.15) is 0 Å². The molecule has 0 radical (unpaired) electrons. The predicted molar refractivity (Wildman–Crippen MR) is 93.5 cm³/mol. The number of nitrogens with zero attached hydrogens (tertiary/aromatic N) is 1. The largest absolute Gasteiger partial charge is 0.461 e. The average Bonchev–Trinajstić information content (AvgIpc) is 3.03. The average molecular weight is 373 g/mol. The maximum Gasteiger partial charge on any atom is 0.340 e. The molecule has 0 saturated carbocycles. The lowest BCUT2D eigenvalue weighted by Gasteiger charge is -2.47. The van der Waals surface area contributed by atoms with Gasteiger partial charge in [0.25, 0.3) is 0 Å². The van der Waals surface area contributed by atoms with Crippen molar-refractivity contribution in [3.8, 4) is 0 Å². The molecule has 3 fully saturated rings. The van der Waals surface area contributed by atoms with E-state index in [-0.39, 0.29) is 22.8 Å². The lowest BCUT2D eigenvalue weighted by atomic mass is 9.73. The van der Waals surface area contributed by atoms with Gasteiger partial charge in [-0.05, 0) is 51.0 Å². The summed E-state index contributed by atoms with van der Waals surface area (Å²) in [5, 5.41) is 0.354. The Morgan fingerprint density at radius 2 is 1.96 bits per heavy atom. The van der Waals surface area contributed by atoms with Crippen LogP contribution in [0.5, 0.6) is 0 Å². The van der Waals surface area contributed by atoms with Gasteiger partial charge in [0.15, 0.2) is 0 Å². The molecule has 2 bridgehead atoms. The van der Waals surface area contributed by atoms with E-state index in [0.29, 0.717) is 23.1 Å². The Bertz CT molecular complexity index is 756. The quantitative estimate of drug-likeness (QED) is 0.827. The zero-order valence-corrected chi connectivity index (χ0v) is 14.7. The number of aromatic nitrogens is 1. The van der Waals surface area contributed by atoms with Crippen LogP contribution >= 0.6 is 24.0 Å². The first kappa shape index (κ1) is 17.5. The third-order valence-corrected chi connectivity index (χ3v) is 5.71. The number of nitrogens with one attached hydrogen (secondary N) is 1. The van der Waals surface area contributed by atoms with Crippen LogP contribution in [0.4, 0.5) is 4.39 Å². The number of carbonyl (C=O) groups is 1. The molecule has 0 spiro atoms. The van der Waals surface area contributed by atoms with Gasteiger partial charge in [0.1, 0.15) is 5.82 Å². The maximum atomic E-state index is 13.7. The van der Waals surface area contributed by atoms with Crippen LogP contribution in [0.25, 0.3) is 10.9 Å². The molecule has 0 atom stereocenters. The Balaban J connectivity index is 0.00000169. The zero-order valence-electron chi connectivity index (χ0n) is 13.1. The second kappa shape index (κ2) is 6.54. The van der Waals surface area contributed by atoms with E-state index in [2.05, 4.69) is 9.88 Å². The Morgan fingerprint density at radius 1 is 1.29 bits per heavy atom. The van der Waals surface area contributed by atoms with E-state index in [0.717, 1.165) is 38.9 Å². The van der Waals surface area contributed by atoms with Crippen molar-refractivity contribution in [1.82, 2.24) is 9.88 Å². The molecular weight excluding hydrogens is 354 g/mol. The van der Waals surface area contributed by atoms with Crippen LogP contribution in [-0.4, -0.2) is 42.1 Å². The Hall–Kier alpha value is -1.30. The molecule has 7 heteroatoms. The molecular formula is C17H19Cl2FN2O2. The summed E-state index contributed by atoms with van der Waals surface area (Å²) in [6, 6.07) is 2.86. The summed E-state index contributed by atoms with van der Waals surface area (Å²) in [7, 11) is 0. The van der Waals surface area contributed by atoms with E-state index in [9.17, 15) is 9.18 Å². The van der Waals surface area contributed by atoms with Crippen LogP contribution in [0.1, 0.15) is 29.6 Å². The monoisotopic (exact) mass is 372 g/mol. The minimum atomic E-state index is -0.536. The first-order valence-electron chi connectivity index (χ1n) is 7.93. The van der Waals surface area contributed by atoms with Crippen LogP contribution in [0.3, 0.4) is 0 Å². The maximum absolute atomic E-state index is 13.7. The Kier molecular flexibility index (Phi) is 4.78. The number of hydrogen-bond donors (Lipinski definition) is 1. The predicted octanol–water partition coefficient (Wildman–Crippen LogP) is 4.02. The number of esters is 1. The number of halogens is 3. The lowest BCUT2D eigenvalue weighted by molar-refractivity contribution is -0.0304. The highest BCUT2D eigenvalue weighted by Crippen LogP contribution is 2.40. The van der Waals surface area contributed by atoms with Crippen molar-refractivity contribution >= 4 is 40.9 Å². The summed E-state index contributed by atoms with van der Waals surface area (Å²) in [5.74, 6) is -0.975. The number of rotatable bonds is 3. The molecule has 0 unspecified atom stereocenters. The molecule has 3 aliphatic rings. The van der Waals surface area contributed by atoms with Crippen molar-refractivity contribution in [2.24, 2.45) is 5.41 Å². The van der Waals surface area contributed by atoms with Crippen LogP contribution in [-0.2, 0) is 4.74 Å². The van der Waals surface area contributed by atoms with E-state index >= 15 is 0 Å². The van der Waals surface area contributed by atoms with E-state index in [1.807, 2.05) is 0 Å². The topological polar surface area (TPSA) is 45.3 Å². The summed E-state index contributed by atoms with van der Waals surface area (Å²) >= 11 is 6.02. The number of carbonyl (C=O) groups excluding carboxylic acids is 1. The molecule has 0 amide bonds. The Morgan fingerprint density at radius 3 is 2.62 bits per heavy atom. The van der Waals surface area contributed by atoms with Crippen molar-refractivity contribution in [3.05, 3.63) is 34.7 Å². The van der Waals surface area contributed by atoms with E-state index in [4.69, 9.17) is 16.3 Å².